The minimum absolute atomic E-state index is 0.186. The number of carbonyl (C=O) groups excluding carboxylic acids is 1. The van der Waals surface area contributed by atoms with Crippen LogP contribution in [0.15, 0.2) is 59.4 Å². The van der Waals surface area contributed by atoms with Crippen molar-refractivity contribution in [1.82, 2.24) is 4.57 Å². The second-order valence-electron chi connectivity index (χ2n) is 7.57. The van der Waals surface area contributed by atoms with Crippen LogP contribution in [0.5, 0.6) is 5.75 Å². The van der Waals surface area contributed by atoms with Crippen LogP contribution in [0.2, 0.25) is 0 Å². The molecule has 0 aliphatic heterocycles. The average Bonchev–Trinajstić information content (AvgIpc) is 2.76. The molecule has 29 heavy (non-hydrogen) atoms. The van der Waals surface area contributed by atoms with Gasteiger partial charge in [0.15, 0.2) is 5.78 Å². The molecule has 4 nitrogen and oxygen atoms in total. The van der Waals surface area contributed by atoms with Crippen LogP contribution in [0.1, 0.15) is 55.5 Å². The average molecular weight is 392 g/mol. The van der Waals surface area contributed by atoms with Gasteiger partial charge in [0.1, 0.15) is 5.75 Å². The Morgan fingerprint density at radius 2 is 1.83 bits per heavy atom. The van der Waals surface area contributed by atoms with Crippen LogP contribution in [0.3, 0.4) is 0 Å². The Bertz CT molecular complexity index is 1040. The Balaban J connectivity index is 1.88. The fraction of sp³-hybridized carbons (Fsp3) is 0.360. The van der Waals surface area contributed by atoms with Crippen LogP contribution in [-0.2, 0) is 7.05 Å². The number of ketones is 1. The Kier molecular flexibility index (Phi) is 6.86. The van der Waals surface area contributed by atoms with Crippen molar-refractivity contribution in [2.24, 2.45) is 13.0 Å². The minimum Gasteiger partial charge on any atom is -0.493 e. The lowest BCUT2D eigenvalue weighted by molar-refractivity contribution is 0.103. The molecule has 0 fully saturated rings. The summed E-state index contributed by atoms with van der Waals surface area (Å²) in [6.45, 7) is 5.08. The number of fused-ring (bicyclic) bond motifs is 1. The maximum absolute atomic E-state index is 12.8. The van der Waals surface area contributed by atoms with Crippen LogP contribution < -0.4 is 10.3 Å². The summed E-state index contributed by atoms with van der Waals surface area (Å²) in [5, 5.41) is 0.844. The fourth-order valence-corrected chi connectivity index (χ4v) is 3.55. The van der Waals surface area contributed by atoms with Crippen molar-refractivity contribution in [2.45, 2.75) is 39.5 Å². The van der Waals surface area contributed by atoms with E-state index in [-0.39, 0.29) is 16.9 Å². The summed E-state index contributed by atoms with van der Waals surface area (Å²) in [4.78, 5) is 25.6. The van der Waals surface area contributed by atoms with E-state index in [4.69, 9.17) is 4.74 Å². The maximum Gasteiger partial charge on any atom is 0.262 e. The van der Waals surface area contributed by atoms with Gasteiger partial charge < -0.3 is 9.30 Å². The molecule has 0 spiro atoms. The summed E-state index contributed by atoms with van der Waals surface area (Å²) in [7, 11) is 1.70. The normalized spacial score (nSPS) is 12.1. The molecule has 0 aliphatic rings. The molecule has 3 rings (SSSR count). The van der Waals surface area contributed by atoms with Gasteiger partial charge in [-0.15, -0.1) is 0 Å². The molecule has 2 aromatic carbocycles. The van der Waals surface area contributed by atoms with E-state index in [0.29, 0.717) is 18.1 Å². The number of aryl methyl sites for hydroxylation is 1. The highest BCUT2D eigenvalue weighted by Crippen LogP contribution is 2.23. The second-order valence-corrected chi connectivity index (χ2v) is 7.57. The van der Waals surface area contributed by atoms with Crippen molar-refractivity contribution >= 4 is 16.7 Å². The van der Waals surface area contributed by atoms with E-state index in [1.807, 2.05) is 24.3 Å². The first-order valence-corrected chi connectivity index (χ1v) is 10.4. The van der Waals surface area contributed by atoms with Gasteiger partial charge in [0.25, 0.3) is 5.56 Å². The molecule has 1 heterocycles. The standard InChI is InChI=1S/C25H29NO3/c1-4-6-10-18(5-2)17-29-21-14-13-20-15-22(25(28)26(3)23(20)16-21)24(27)19-11-8-7-9-12-19/h7-9,11-16,18H,4-6,10,17H2,1-3H3. The van der Waals surface area contributed by atoms with Crippen molar-refractivity contribution < 1.29 is 9.53 Å². The van der Waals surface area contributed by atoms with E-state index in [2.05, 4.69) is 13.8 Å². The predicted molar refractivity (Wildman–Crippen MR) is 118 cm³/mol. The molecule has 4 heteroatoms. The van der Waals surface area contributed by atoms with Crippen LogP contribution in [0.25, 0.3) is 10.9 Å². The number of nitrogens with zero attached hydrogens (tertiary/aromatic N) is 1. The molecule has 152 valence electrons. The van der Waals surface area contributed by atoms with Gasteiger partial charge in [0.05, 0.1) is 17.7 Å². The first-order chi connectivity index (χ1) is 14.0. The SMILES string of the molecule is CCCCC(CC)COc1ccc2cc(C(=O)c3ccccc3)c(=O)n(C)c2c1. The van der Waals surface area contributed by atoms with Gasteiger partial charge in [-0.25, -0.2) is 0 Å². The molecule has 3 aromatic rings. The molecule has 0 amide bonds. The third-order valence-electron chi connectivity index (χ3n) is 5.51. The first-order valence-electron chi connectivity index (χ1n) is 10.4. The zero-order valence-electron chi connectivity index (χ0n) is 17.5. The van der Waals surface area contributed by atoms with Gasteiger partial charge >= 0.3 is 0 Å². The zero-order valence-corrected chi connectivity index (χ0v) is 17.5. The number of benzene rings is 2. The Labute approximate surface area is 172 Å². The molecule has 1 aromatic heterocycles. The van der Waals surface area contributed by atoms with E-state index in [1.54, 1.807) is 37.4 Å². The van der Waals surface area contributed by atoms with Gasteiger partial charge in [0.2, 0.25) is 0 Å². The lowest BCUT2D eigenvalue weighted by Crippen LogP contribution is -2.25. The zero-order chi connectivity index (χ0) is 20.8. The van der Waals surface area contributed by atoms with Crippen molar-refractivity contribution in [3.63, 3.8) is 0 Å². The van der Waals surface area contributed by atoms with Crippen molar-refractivity contribution in [3.8, 4) is 5.75 Å². The van der Waals surface area contributed by atoms with Crippen LogP contribution in [0.4, 0.5) is 0 Å². The van der Waals surface area contributed by atoms with Crippen molar-refractivity contribution in [3.05, 3.63) is 76.1 Å². The molecule has 0 radical (unpaired) electrons. The minimum atomic E-state index is -0.294. The third kappa shape index (κ3) is 4.76. The summed E-state index contributed by atoms with van der Waals surface area (Å²) in [5.74, 6) is 1.04. The number of ether oxygens (including phenoxy) is 1. The van der Waals surface area contributed by atoms with Crippen molar-refractivity contribution in [2.75, 3.05) is 6.61 Å². The van der Waals surface area contributed by atoms with Gasteiger partial charge in [-0.2, -0.15) is 0 Å². The predicted octanol–water partition coefficient (Wildman–Crippen LogP) is 5.36. The highest BCUT2D eigenvalue weighted by Gasteiger charge is 2.16. The van der Waals surface area contributed by atoms with Gasteiger partial charge in [-0.1, -0.05) is 63.4 Å². The summed E-state index contributed by atoms with van der Waals surface area (Å²) in [6, 6.07) is 16.3. The molecule has 0 N–H and O–H groups in total. The lowest BCUT2D eigenvalue weighted by atomic mass is 10.0. The number of hydrogen-bond donors (Lipinski definition) is 0. The van der Waals surface area contributed by atoms with Crippen LogP contribution in [0, 0.1) is 5.92 Å². The fourth-order valence-electron chi connectivity index (χ4n) is 3.55. The van der Waals surface area contributed by atoms with E-state index in [0.717, 1.165) is 23.1 Å². The summed E-state index contributed by atoms with van der Waals surface area (Å²) >= 11 is 0. The van der Waals surface area contributed by atoms with Crippen LogP contribution in [-0.4, -0.2) is 17.0 Å². The Hall–Kier alpha value is -2.88. The number of rotatable bonds is 9. The van der Waals surface area contributed by atoms with E-state index < -0.39 is 0 Å². The lowest BCUT2D eigenvalue weighted by Gasteiger charge is -2.16. The number of hydrogen-bond acceptors (Lipinski definition) is 3. The second kappa shape index (κ2) is 9.55. The third-order valence-corrected chi connectivity index (χ3v) is 5.51. The maximum atomic E-state index is 12.8. The molecule has 0 saturated heterocycles. The monoisotopic (exact) mass is 391 g/mol. The number of carbonyl (C=O) groups is 1. The molecule has 0 aliphatic carbocycles. The number of pyridine rings is 1. The molecule has 1 unspecified atom stereocenters. The summed E-state index contributed by atoms with van der Waals surface area (Å²) in [6.07, 6.45) is 4.67. The molecule has 0 saturated carbocycles. The quantitative estimate of drug-likeness (QED) is 0.461. The van der Waals surface area contributed by atoms with Gasteiger partial charge in [-0.05, 0) is 35.9 Å². The number of unbranched alkanes of at least 4 members (excludes halogenated alkanes) is 1. The van der Waals surface area contributed by atoms with E-state index in [9.17, 15) is 9.59 Å². The highest BCUT2D eigenvalue weighted by molar-refractivity contribution is 6.10. The molecule has 0 bridgehead atoms. The largest absolute Gasteiger partial charge is 0.493 e. The number of aromatic nitrogens is 1. The van der Waals surface area contributed by atoms with E-state index >= 15 is 0 Å². The van der Waals surface area contributed by atoms with E-state index in [1.165, 1.54) is 23.8 Å². The molecule has 1 atom stereocenters. The van der Waals surface area contributed by atoms with Gasteiger partial charge in [-0.3, -0.25) is 9.59 Å². The Morgan fingerprint density at radius 1 is 1.07 bits per heavy atom. The highest BCUT2D eigenvalue weighted by atomic mass is 16.5. The molecular weight excluding hydrogens is 362 g/mol. The summed E-state index contributed by atoms with van der Waals surface area (Å²) in [5.41, 5.74) is 1.17. The van der Waals surface area contributed by atoms with Crippen molar-refractivity contribution in [1.29, 1.82) is 0 Å². The van der Waals surface area contributed by atoms with Gasteiger partial charge in [0, 0.05) is 18.7 Å². The molecular formula is C25H29NO3. The smallest absolute Gasteiger partial charge is 0.262 e. The summed E-state index contributed by atoms with van der Waals surface area (Å²) < 4.78 is 7.56. The van der Waals surface area contributed by atoms with Crippen LogP contribution >= 0.6 is 0 Å². The first kappa shape index (κ1) is 20.8. The topological polar surface area (TPSA) is 48.3 Å². The Morgan fingerprint density at radius 3 is 2.52 bits per heavy atom.